The van der Waals surface area contributed by atoms with Gasteiger partial charge in [0.25, 0.3) is 0 Å². The molecule has 3 N–H and O–H groups in total. The summed E-state index contributed by atoms with van der Waals surface area (Å²) in [6.07, 6.45) is 24.6. The Morgan fingerprint density at radius 2 is 1.05 bits per heavy atom. The molecule has 1 unspecified atom stereocenters. The molecule has 0 saturated heterocycles. The van der Waals surface area contributed by atoms with Gasteiger partial charge in [-0.25, -0.2) is 4.57 Å². The van der Waals surface area contributed by atoms with Crippen molar-refractivity contribution in [3.05, 3.63) is 11.3 Å². The zero-order valence-corrected chi connectivity index (χ0v) is 27.8. The van der Waals surface area contributed by atoms with Crippen molar-refractivity contribution in [2.45, 2.75) is 181 Å². The Morgan fingerprint density at radius 3 is 1.46 bits per heavy atom. The van der Waals surface area contributed by atoms with Crippen LogP contribution >= 0.6 is 7.82 Å². The maximum Gasteiger partial charge on any atom is 0.527 e. The van der Waals surface area contributed by atoms with E-state index in [4.69, 9.17) is 14.2 Å². The van der Waals surface area contributed by atoms with Crippen molar-refractivity contribution in [1.82, 2.24) is 0 Å². The Kier molecular flexibility index (Phi) is 27.6. The Morgan fingerprint density at radius 1 is 0.634 bits per heavy atom. The van der Waals surface area contributed by atoms with Crippen LogP contribution in [0.1, 0.15) is 175 Å². The van der Waals surface area contributed by atoms with Crippen LogP contribution in [0.5, 0.6) is 0 Å². The summed E-state index contributed by atoms with van der Waals surface area (Å²) >= 11 is 0. The van der Waals surface area contributed by atoms with E-state index in [1.165, 1.54) is 89.9 Å². The summed E-state index contributed by atoms with van der Waals surface area (Å²) in [5.74, 6) is 0.240. The summed E-state index contributed by atoms with van der Waals surface area (Å²) < 4.78 is 23.0. The molecule has 0 aromatic carbocycles. The number of ketones is 1. The lowest BCUT2D eigenvalue weighted by Crippen LogP contribution is -2.19. The fourth-order valence-corrected chi connectivity index (χ4v) is 5.92. The van der Waals surface area contributed by atoms with Gasteiger partial charge in [0.2, 0.25) is 0 Å². The summed E-state index contributed by atoms with van der Waals surface area (Å²) in [4.78, 5) is 23.6. The molecule has 0 radical (unpaired) electrons. The lowest BCUT2D eigenvalue weighted by Gasteiger charge is -2.20. The van der Waals surface area contributed by atoms with Gasteiger partial charge in [0.15, 0.2) is 5.78 Å². The molecule has 0 aliphatic heterocycles. The van der Waals surface area contributed by atoms with Crippen LogP contribution in [-0.4, -0.2) is 40.2 Å². The van der Waals surface area contributed by atoms with Gasteiger partial charge in [-0.05, 0) is 25.7 Å². The fourth-order valence-electron chi connectivity index (χ4n) is 5.02. The van der Waals surface area contributed by atoms with Crippen LogP contribution in [0.15, 0.2) is 11.3 Å². The zero-order chi connectivity index (χ0) is 30.6. The van der Waals surface area contributed by atoms with Crippen LogP contribution in [0.2, 0.25) is 0 Å². The maximum atomic E-state index is 13.4. The number of Topliss-reactive ketones (excluding diaryl/α,β-unsaturated/α-hetero) is 1. The number of rotatable bonds is 31. The highest BCUT2D eigenvalue weighted by molar-refractivity contribution is 7.47. The van der Waals surface area contributed by atoms with Gasteiger partial charge in [0.1, 0.15) is 11.9 Å². The number of allylic oxidation sites excluding steroid dienone is 2. The summed E-state index contributed by atoms with van der Waals surface area (Å²) in [5, 5.41) is 18.5. The average molecular weight is 605 g/mol. The van der Waals surface area contributed by atoms with E-state index in [9.17, 15) is 19.4 Å². The molecule has 41 heavy (non-hydrogen) atoms. The molecule has 0 rings (SSSR count). The van der Waals surface area contributed by atoms with Gasteiger partial charge >= 0.3 is 7.82 Å². The Balaban J connectivity index is 4.98. The van der Waals surface area contributed by atoms with E-state index < -0.39 is 27.1 Å². The van der Waals surface area contributed by atoms with Gasteiger partial charge in [-0.15, -0.1) is 0 Å². The first-order chi connectivity index (χ1) is 19.8. The standard InChI is InChI=1S/C33H65O7P/c1-4-7-9-11-13-15-17-19-21-23-26-31(32(36)27-24-22-20-18-16-14-12-10-8-5-2)33(25-6-3)40-41(37,38)39-29-30(35)28-34/h30,34-35H,4-29H2,1-3H3,(H,37,38)/t30-/m1/s1. The van der Waals surface area contributed by atoms with E-state index in [0.717, 1.165) is 38.5 Å². The molecule has 0 heterocycles. The molecule has 7 nitrogen and oxygen atoms in total. The van der Waals surface area contributed by atoms with Gasteiger partial charge in [0, 0.05) is 18.4 Å². The summed E-state index contributed by atoms with van der Waals surface area (Å²) in [6.45, 7) is 5.29. The lowest BCUT2D eigenvalue weighted by atomic mass is 9.96. The van der Waals surface area contributed by atoms with E-state index in [1.807, 2.05) is 6.92 Å². The molecule has 0 aliphatic carbocycles. The number of phosphoric acid groups is 1. The van der Waals surface area contributed by atoms with Gasteiger partial charge in [-0.3, -0.25) is 14.2 Å². The van der Waals surface area contributed by atoms with Crippen molar-refractivity contribution in [2.24, 2.45) is 0 Å². The Hall–Kier alpha value is -0.720. The molecule has 0 amide bonds. The van der Waals surface area contributed by atoms with Crippen LogP contribution in [0.3, 0.4) is 0 Å². The minimum atomic E-state index is -4.54. The molecule has 0 aliphatic rings. The minimum absolute atomic E-state index is 0.000618. The van der Waals surface area contributed by atoms with E-state index in [-0.39, 0.29) is 11.5 Å². The van der Waals surface area contributed by atoms with Gasteiger partial charge < -0.3 is 14.7 Å². The van der Waals surface area contributed by atoms with Crippen LogP contribution in [0, 0.1) is 0 Å². The highest BCUT2D eigenvalue weighted by Crippen LogP contribution is 2.47. The Bertz CT molecular complexity index is 695. The largest absolute Gasteiger partial charge is 0.527 e. The SMILES string of the molecule is CCCCCCCCCCCCC(=O)C(CCCCCCCCCCCC)=C(CCC)OP(=O)(O)OC[C@H](O)CO. The van der Waals surface area contributed by atoms with Crippen molar-refractivity contribution in [2.75, 3.05) is 13.2 Å². The number of phosphoric ester groups is 1. The molecule has 0 saturated carbocycles. The van der Waals surface area contributed by atoms with Crippen molar-refractivity contribution >= 4 is 13.6 Å². The number of hydrogen-bond donors (Lipinski definition) is 3. The highest BCUT2D eigenvalue weighted by Gasteiger charge is 2.28. The van der Waals surface area contributed by atoms with Crippen molar-refractivity contribution in [3.8, 4) is 0 Å². The highest BCUT2D eigenvalue weighted by atomic mass is 31.2. The second-order valence-electron chi connectivity index (χ2n) is 11.6. The van der Waals surface area contributed by atoms with Gasteiger partial charge in [-0.2, -0.15) is 0 Å². The average Bonchev–Trinajstić information content (AvgIpc) is 2.95. The first-order valence-electron chi connectivity index (χ1n) is 17.0. The zero-order valence-electron chi connectivity index (χ0n) is 26.9. The predicted octanol–water partition coefficient (Wildman–Crippen LogP) is 9.72. The fraction of sp³-hybridized carbons (Fsp3) is 0.909. The summed E-state index contributed by atoms with van der Waals surface area (Å²) in [5.41, 5.74) is 0.517. The number of aliphatic hydroxyl groups is 2. The first-order valence-corrected chi connectivity index (χ1v) is 18.5. The quantitative estimate of drug-likeness (QED) is 0.0312. The molecule has 2 atom stereocenters. The molecule has 0 bridgehead atoms. The number of unbranched alkanes of at least 4 members (excludes halogenated alkanes) is 18. The topological polar surface area (TPSA) is 113 Å². The molecular weight excluding hydrogens is 539 g/mol. The van der Waals surface area contributed by atoms with Crippen molar-refractivity contribution < 1.29 is 33.5 Å². The normalized spacial score (nSPS) is 14.5. The van der Waals surface area contributed by atoms with Crippen LogP contribution < -0.4 is 0 Å². The van der Waals surface area contributed by atoms with Gasteiger partial charge in [-0.1, -0.05) is 136 Å². The van der Waals surface area contributed by atoms with E-state index in [2.05, 4.69) is 13.8 Å². The maximum absolute atomic E-state index is 13.4. The summed E-state index contributed by atoms with van der Waals surface area (Å²) in [7, 11) is -4.54. The second kappa shape index (κ2) is 28.1. The van der Waals surface area contributed by atoms with E-state index >= 15 is 0 Å². The molecule has 0 aromatic heterocycles. The van der Waals surface area contributed by atoms with Crippen LogP contribution in [0.25, 0.3) is 0 Å². The number of carbonyl (C=O) groups is 1. The molecule has 244 valence electrons. The molecule has 0 fully saturated rings. The molecular formula is C33H65O7P. The Labute approximate surface area is 252 Å². The van der Waals surface area contributed by atoms with E-state index in [1.54, 1.807) is 0 Å². The predicted molar refractivity (Wildman–Crippen MR) is 170 cm³/mol. The third-order valence-electron chi connectivity index (χ3n) is 7.55. The number of hydrogen-bond acceptors (Lipinski definition) is 6. The van der Waals surface area contributed by atoms with Crippen LogP contribution in [0.4, 0.5) is 0 Å². The van der Waals surface area contributed by atoms with E-state index in [0.29, 0.717) is 31.3 Å². The number of carbonyl (C=O) groups excluding carboxylic acids is 1. The monoisotopic (exact) mass is 604 g/mol. The summed E-state index contributed by atoms with van der Waals surface area (Å²) in [6, 6.07) is 0. The van der Waals surface area contributed by atoms with Crippen molar-refractivity contribution in [3.63, 3.8) is 0 Å². The first kappa shape index (κ1) is 40.3. The third kappa shape index (κ3) is 24.4. The molecule has 0 spiro atoms. The van der Waals surface area contributed by atoms with Gasteiger partial charge in [0.05, 0.1) is 13.2 Å². The third-order valence-corrected chi connectivity index (χ3v) is 8.48. The minimum Gasteiger partial charge on any atom is -0.408 e. The van der Waals surface area contributed by atoms with Crippen molar-refractivity contribution in [1.29, 1.82) is 0 Å². The number of aliphatic hydroxyl groups excluding tert-OH is 2. The smallest absolute Gasteiger partial charge is 0.408 e. The van der Waals surface area contributed by atoms with Crippen LogP contribution in [-0.2, 0) is 18.4 Å². The molecule has 8 heteroatoms. The molecule has 0 aromatic rings. The second-order valence-corrected chi connectivity index (χ2v) is 13.0. The lowest BCUT2D eigenvalue weighted by molar-refractivity contribution is -0.116.